The molecule has 1 amide bonds. The van der Waals surface area contributed by atoms with E-state index in [-0.39, 0.29) is 27.7 Å². The van der Waals surface area contributed by atoms with E-state index in [0.717, 1.165) is 29.3 Å². The topological polar surface area (TPSA) is 69.0 Å². The van der Waals surface area contributed by atoms with Crippen molar-refractivity contribution in [1.82, 2.24) is 14.9 Å². The number of aromatic amines is 2. The van der Waals surface area contributed by atoms with E-state index in [4.69, 9.17) is 0 Å². The third kappa shape index (κ3) is 2.96. The van der Waals surface area contributed by atoms with Gasteiger partial charge in [-0.2, -0.15) is 0 Å². The molecule has 1 aromatic carbocycles. The first kappa shape index (κ1) is 17.0. The fourth-order valence-electron chi connectivity index (χ4n) is 3.64. The summed E-state index contributed by atoms with van der Waals surface area (Å²) in [6.07, 6.45) is 5.03. The van der Waals surface area contributed by atoms with Gasteiger partial charge in [0.25, 0.3) is 11.5 Å². The van der Waals surface area contributed by atoms with Gasteiger partial charge in [-0.15, -0.1) is 0 Å². The normalized spacial score (nSPS) is 15.5. The van der Waals surface area contributed by atoms with Gasteiger partial charge in [-0.3, -0.25) is 9.59 Å². The van der Waals surface area contributed by atoms with E-state index < -0.39 is 0 Å². The third-order valence-corrected chi connectivity index (χ3v) is 5.82. The molecule has 3 heterocycles. The molecule has 0 saturated carbocycles. The minimum atomic E-state index is -0.313. The predicted octanol–water partition coefficient (Wildman–Crippen LogP) is 3.78. The Hall–Kier alpha value is -2.41. The Balaban J connectivity index is 1.52. The van der Waals surface area contributed by atoms with Gasteiger partial charge in [0.2, 0.25) is 0 Å². The second kappa shape index (κ2) is 6.72. The molecule has 7 heteroatoms. The lowest BCUT2D eigenvalue weighted by Crippen LogP contribution is -2.38. The van der Waals surface area contributed by atoms with E-state index in [0.29, 0.717) is 18.7 Å². The van der Waals surface area contributed by atoms with Crippen LogP contribution in [0.4, 0.5) is 4.39 Å². The molecule has 0 bridgehead atoms. The second-order valence-electron chi connectivity index (χ2n) is 6.53. The van der Waals surface area contributed by atoms with Crippen LogP contribution in [0.1, 0.15) is 34.7 Å². The van der Waals surface area contributed by atoms with Crippen LogP contribution in [0.15, 0.2) is 45.9 Å². The lowest BCUT2D eigenvalue weighted by Gasteiger charge is -2.32. The molecule has 5 nitrogen and oxygen atoms in total. The number of pyridine rings is 1. The zero-order valence-corrected chi connectivity index (χ0v) is 15.5. The lowest BCUT2D eigenvalue weighted by atomic mass is 9.89. The van der Waals surface area contributed by atoms with Crippen LogP contribution in [0, 0.1) is 5.82 Å². The third-order valence-electron chi connectivity index (χ3n) is 5.03. The maximum Gasteiger partial charge on any atom is 0.263 e. The summed E-state index contributed by atoms with van der Waals surface area (Å²) in [5, 5.41) is 0.909. The number of likely N-dealkylation sites (tertiary alicyclic amines) is 1. The van der Waals surface area contributed by atoms with Crippen LogP contribution in [0.5, 0.6) is 0 Å². The average molecular weight is 418 g/mol. The van der Waals surface area contributed by atoms with E-state index in [1.165, 1.54) is 12.3 Å². The lowest BCUT2D eigenvalue weighted by molar-refractivity contribution is 0.0712. The quantitative estimate of drug-likeness (QED) is 0.665. The molecular weight excluding hydrogens is 401 g/mol. The molecule has 4 rings (SSSR count). The average Bonchev–Trinajstić information content (AvgIpc) is 3.06. The summed E-state index contributed by atoms with van der Waals surface area (Å²) >= 11 is 3.19. The van der Waals surface area contributed by atoms with E-state index in [1.54, 1.807) is 23.1 Å². The summed E-state index contributed by atoms with van der Waals surface area (Å²) in [7, 11) is 0. The predicted molar refractivity (Wildman–Crippen MR) is 101 cm³/mol. The number of piperidine rings is 1. The largest absolute Gasteiger partial charge is 0.361 e. The number of benzene rings is 1. The van der Waals surface area contributed by atoms with Crippen LogP contribution < -0.4 is 5.56 Å². The second-order valence-corrected chi connectivity index (χ2v) is 7.33. The monoisotopic (exact) mass is 417 g/mol. The van der Waals surface area contributed by atoms with Crippen LogP contribution in [-0.2, 0) is 0 Å². The standard InChI is InChI=1S/C19H17BrFN3O2/c20-17-13(3-6-22-18(17)25)19(26)24-7-4-11(5-8-24)15-10-23-16-2-1-12(21)9-14(15)16/h1-3,6,9-11,23H,4-5,7-8H2,(H,22,25). The Kier molecular flexibility index (Phi) is 4.40. The van der Waals surface area contributed by atoms with Crippen molar-refractivity contribution in [3.8, 4) is 0 Å². The molecule has 134 valence electrons. The maximum absolute atomic E-state index is 13.6. The minimum Gasteiger partial charge on any atom is -0.361 e. The van der Waals surface area contributed by atoms with Gasteiger partial charge >= 0.3 is 0 Å². The van der Waals surface area contributed by atoms with Crippen molar-refractivity contribution >= 4 is 32.7 Å². The Labute approximate surface area is 157 Å². The molecule has 0 spiro atoms. The molecule has 1 fully saturated rings. The number of nitrogens with one attached hydrogen (secondary N) is 2. The summed E-state index contributed by atoms with van der Waals surface area (Å²) in [5.41, 5.74) is 2.09. The van der Waals surface area contributed by atoms with Crippen molar-refractivity contribution in [2.45, 2.75) is 18.8 Å². The van der Waals surface area contributed by atoms with Crippen molar-refractivity contribution in [2.24, 2.45) is 0 Å². The zero-order valence-electron chi connectivity index (χ0n) is 13.9. The Bertz CT molecular complexity index is 1030. The number of aromatic nitrogens is 2. The molecule has 2 N–H and O–H groups in total. The summed E-state index contributed by atoms with van der Waals surface area (Å²) in [6, 6.07) is 6.37. The van der Waals surface area contributed by atoms with Crippen LogP contribution in [0.25, 0.3) is 10.9 Å². The van der Waals surface area contributed by atoms with Gasteiger partial charge in [0.05, 0.1) is 10.0 Å². The summed E-state index contributed by atoms with van der Waals surface area (Å²) in [4.78, 5) is 31.9. The number of hydrogen-bond donors (Lipinski definition) is 2. The van der Waals surface area contributed by atoms with E-state index in [9.17, 15) is 14.0 Å². The van der Waals surface area contributed by atoms with Crippen molar-refractivity contribution < 1.29 is 9.18 Å². The number of carbonyl (C=O) groups is 1. The van der Waals surface area contributed by atoms with E-state index in [1.807, 2.05) is 6.20 Å². The number of fused-ring (bicyclic) bond motifs is 1. The van der Waals surface area contributed by atoms with Crippen molar-refractivity contribution in [2.75, 3.05) is 13.1 Å². The van der Waals surface area contributed by atoms with Gasteiger partial charge in [0.15, 0.2) is 0 Å². The molecule has 26 heavy (non-hydrogen) atoms. The number of carbonyl (C=O) groups excluding carboxylic acids is 1. The summed E-state index contributed by atoms with van der Waals surface area (Å²) < 4.78 is 13.9. The molecule has 1 saturated heterocycles. The number of halogens is 2. The smallest absolute Gasteiger partial charge is 0.263 e. The highest BCUT2D eigenvalue weighted by Crippen LogP contribution is 2.34. The summed E-state index contributed by atoms with van der Waals surface area (Å²) in [6.45, 7) is 1.20. The number of hydrogen-bond acceptors (Lipinski definition) is 2. The first-order valence-corrected chi connectivity index (χ1v) is 9.27. The molecule has 1 aliphatic heterocycles. The highest BCUT2D eigenvalue weighted by Gasteiger charge is 2.27. The first-order chi connectivity index (χ1) is 12.5. The van der Waals surface area contributed by atoms with Gasteiger partial charge < -0.3 is 14.9 Å². The molecule has 0 unspecified atom stereocenters. The zero-order chi connectivity index (χ0) is 18.3. The summed E-state index contributed by atoms with van der Waals surface area (Å²) in [5.74, 6) is -0.117. The number of nitrogens with zero attached hydrogens (tertiary/aromatic N) is 1. The maximum atomic E-state index is 13.6. The number of H-pyrrole nitrogens is 2. The molecular formula is C19H17BrFN3O2. The highest BCUT2D eigenvalue weighted by molar-refractivity contribution is 9.10. The first-order valence-electron chi connectivity index (χ1n) is 8.47. The van der Waals surface area contributed by atoms with Crippen molar-refractivity contribution in [1.29, 1.82) is 0 Å². The molecule has 3 aromatic rings. The van der Waals surface area contributed by atoms with Crippen LogP contribution in [-0.4, -0.2) is 33.9 Å². The number of amides is 1. The molecule has 1 aliphatic rings. The molecule has 2 aromatic heterocycles. The molecule has 0 aliphatic carbocycles. The van der Waals surface area contributed by atoms with Crippen molar-refractivity contribution in [3.63, 3.8) is 0 Å². The molecule has 0 atom stereocenters. The number of rotatable bonds is 2. The van der Waals surface area contributed by atoms with Crippen LogP contribution in [0.3, 0.4) is 0 Å². The van der Waals surface area contributed by atoms with Gasteiger partial charge in [-0.25, -0.2) is 4.39 Å². The van der Waals surface area contributed by atoms with Gasteiger partial charge in [-0.05, 0) is 64.5 Å². The fraction of sp³-hybridized carbons (Fsp3) is 0.263. The van der Waals surface area contributed by atoms with Gasteiger partial charge in [-0.1, -0.05) is 0 Å². The fourth-order valence-corrected chi connectivity index (χ4v) is 4.06. The Morgan fingerprint density at radius 2 is 1.96 bits per heavy atom. The van der Waals surface area contributed by atoms with Crippen molar-refractivity contribution in [3.05, 3.63) is 68.4 Å². The van der Waals surface area contributed by atoms with E-state index in [2.05, 4.69) is 25.9 Å². The SMILES string of the molecule is O=C(c1cc[nH]c(=O)c1Br)N1CCC(c2c[nH]c3ccc(F)cc23)CC1. The minimum absolute atomic E-state index is 0.147. The molecule has 0 radical (unpaired) electrons. The Morgan fingerprint density at radius 1 is 1.19 bits per heavy atom. The van der Waals surface area contributed by atoms with Gasteiger partial charge in [0, 0.05) is 36.4 Å². The highest BCUT2D eigenvalue weighted by atomic mass is 79.9. The Morgan fingerprint density at radius 3 is 2.73 bits per heavy atom. The van der Waals surface area contributed by atoms with Crippen LogP contribution >= 0.6 is 15.9 Å². The van der Waals surface area contributed by atoms with Crippen LogP contribution in [0.2, 0.25) is 0 Å². The van der Waals surface area contributed by atoms with E-state index >= 15 is 0 Å². The van der Waals surface area contributed by atoms with Gasteiger partial charge in [0.1, 0.15) is 5.82 Å².